The van der Waals surface area contributed by atoms with Crippen LogP contribution >= 0.6 is 11.6 Å². The molecule has 0 amide bonds. The van der Waals surface area contributed by atoms with Crippen LogP contribution in [0.25, 0.3) is 0 Å². The smallest absolute Gasteiger partial charge is 0.166 e. The summed E-state index contributed by atoms with van der Waals surface area (Å²) in [5.41, 5.74) is 1.81. The minimum absolute atomic E-state index is 0.337. The van der Waals surface area contributed by atoms with Gasteiger partial charge in [-0.2, -0.15) is 0 Å². The highest BCUT2D eigenvalue weighted by Crippen LogP contribution is 2.33. The second-order valence-electron chi connectivity index (χ2n) is 4.83. The van der Waals surface area contributed by atoms with Crippen LogP contribution in [0.2, 0.25) is 5.02 Å². The lowest BCUT2D eigenvalue weighted by atomic mass is 9.94. The van der Waals surface area contributed by atoms with Crippen molar-refractivity contribution in [1.82, 2.24) is 5.32 Å². The maximum absolute atomic E-state index is 13.8. The van der Waals surface area contributed by atoms with E-state index in [4.69, 9.17) is 16.3 Å². The zero-order valence-corrected chi connectivity index (χ0v) is 11.6. The fourth-order valence-electron chi connectivity index (χ4n) is 2.55. The molecule has 0 saturated carbocycles. The molecule has 1 aromatic rings. The molecule has 0 bridgehead atoms. The Hall–Kier alpha value is -0.800. The first-order chi connectivity index (χ1) is 8.63. The maximum atomic E-state index is 13.8. The lowest BCUT2D eigenvalue weighted by Gasteiger charge is -2.25. The van der Waals surface area contributed by atoms with Crippen molar-refractivity contribution in [2.24, 2.45) is 0 Å². The number of halogens is 2. The minimum Gasteiger partial charge on any atom is -0.493 e. The standard InChI is InChI=1S/C14H19ClFNO/c1-9-11(7-10-5-3-4-6-17-10)14(18-2)13(16)8-12(9)15/h8,10,17H,3-7H2,1-2H3. The molecular formula is C14H19ClFNO. The van der Waals surface area contributed by atoms with Gasteiger partial charge in [-0.25, -0.2) is 4.39 Å². The molecule has 4 heteroatoms. The van der Waals surface area contributed by atoms with Crippen LogP contribution in [0.3, 0.4) is 0 Å². The third-order valence-corrected chi connectivity index (χ3v) is 4.01. The SMILES string of the molecule is COc1c(F)cc(Cl)c(C)c1CC1CCCCN1. The Bertz CT molecular complexity index is 430. The Morgan fingerprint density at radius 1 is 1.50 bits per heavy atom. The van der Waals surface area contributed by atoms with Gasteiger partial charge in [0.2, 0.25) is 0 Å². The molecule has 1 aromatic carbocycles. The van der Waals surface area contributed by atoms with Crippen molar-refractivity contribution in [3.05, 3.63) is 28.0 Å². The first-order valence-corrected chi connectivity index (χ1v) is 6.76. The molecule has 1 aliphatic rings. The van der Waals surface area contributed by atoms with Crippen LogP contribution in [0.4, 0.5) is 4.39 Å². The molecule has 1 saturated heterocycles. The summed E-state index contributed by atoms with van der Waals surface area (Å²) < 4.78 is 19.0. The van der Waals surface area contributed by atoms with Crippen molar-refractivity contribution in [3.63, 3.8) is 0 Å². The molecule has 1 atom stereocenters. The zero-order chi connectivity index (χ0) is 13.1. The van der Waals surface area contributed by atoms with Crippen LogP contribution in [0.15, 0.2) is 6.07 Å². The van der Waals surface area contributed by atoms with Gasteiger partial charge in [0.1, 0.15) is 0 Å². The second kappa shape index (κ2) is 5.89. The van der Waals surface area contributed by atoms with Crippen molar-refractivity contribution in [1.29, 1.82) is 0 Å². The van der Waals surface area contributed by atoms with E-state index >= 15 is 0 Å². The number of rotatable bonds is 3. The summed E-state index contributed by atoms with van der Waals surface area (Å²) in [6.45, 7) is 2.96. The topological polar surface area (TPSA) is 21.3 Å². The highest BCUT2D eigenvalue weighted by atomic mass is 35.5. The van der Waals surface area contributed by atoms with E-state index in [9.17, 15) is 4.39 Å². The average Bonchev–Trinajstić information content (AvgIpc) is 2.37. The molecule has 100 valence electrons. The first kappa shape index (κ1) is 13.6. The van der Waals surface area contributed by atoms with E-state index in [1.165, 1.54) is 26.0 Å². The van der Waals surface area contributed by atoms with Crippen LogP contribution < -0.4 is 10.1 Å². The van der Waals surface area contributed by atoms with Gasteiger partial charge in [0, 0.05) is 16.6 Å². The molecule has 0 radical (unpaired) electrons. The summed E-state index contributed by atoms with van der Waals surface area (Å²) in [6.07, 6.45) is 4.34. The fourth-order valence-corrected chi connectivity index (χ4v) is 2.76. The highest BCUT2D eigenvalue weighted by Gasteiger charge is 2.20. The predicted octanol–water partition coefficient (Wildman–Crippen LogP) is 3.48. The Kier molecular flexibility index (Phi) is 4.46. The van der Waals surface area contributed by atoms with Gasteiger partial charge in [0.05, 0.1) is 7.11 Å². The highest BCUT2D eigenvalue weighted by molar-refractivity contribution is 6.31. The van der Waals surface area contributed by atoms with Gasteiger partial charge in [0.15, 0.2) is 11.6 Å². The van der Waals surface area contributed by atoms with Gasteiger partial charge in [-0.3, -0.25) is 0 Å². The summed E-state index contributed by atoms with van der Waals surface area (Å²) in [5, 5.41) is 3.94. The van der Waals surface area contributed by atoms with Gasteiger partial charge < -0.3 is 10.1 Å². The van der Waals surface area contributed by atoms with Crippen molar-refractivity contribution in [3.8, 4) is 5.75 Å². The zero-order valence-electron chi connectivity index (χ0n) is 10.9. The second-order valence-corrected chi connectivity index (χ2v) is 5.24. The summed E-state index contributed by atoms with van der Waals surface area (Å²) in [5.74, 6) is -0.0387. The molecule has 1 unspecified atom stereocenters. The molecule has 1 heterocycles. The summed E-state index contributed by atoms with van der Waals surface area (Å²) >= 11 is 6.05. The van der Waals surface area contributed by atoms with Crippen molar-refractivity contribution >= 4 is 11.6 Å². The van der Waals surface area contributed by atoms with Gasteiger partial charge in [-0.05, 0) is 44.4 Å². The fraction of sp³-hybridized carbons (Fsp3) is 0.571. The van der Waals surface area contributed by atoms with Crippen LogP contribution in [0.1, 0.15) is 30.4 Å². The van der Waals surface area contributed by atoms with E-state index < -0.39 is 0 Å². The molecule has 0 spiro atoms. The number of nitrogens with one attached hydrogen (secondary N) is 1. The van der Waals surface area contributed by atoms with E-state index in [-0.39, 0.29) is 5.82 Å². The van der Waals surface area contributed by atoms with Gasteiger partial charge in [-0.1, -0.05) is 18.0 Å². The number of methoxy groups -OCH3 is 1. The van der Waals surface area contributed by atoms with Crippen LogP contribution in [0, 0.1) is 12.7 Å². The van der Waals surface area contributed by atoms with Crippen molar-refractivity contribution < 1.29 is 9.13 Å². The van der Waals surface area contributed by atoms with E-state index in [2.05, 4.69) is 5.32 Å². The van der Waals surface area contributed by atoms with Crippen molar-refractivity contribution in [2.45, 2.75) is 38.6 Å². The minimum atomic E-state index is -0.376. The largest absolute Gasteiger partial charge is 0.493 e. The average molecular weight is 272 g/mol. The third-order valence-electron chi connectivity index (χ3n) is 3.62. The molecule has 1 fully saturated rings. The van der Waals surface area contributed by atoms with E-state index in [1.54, 1.807) is 0 Å². The lowest BCUT2D eigenvalue weighted by Crippen LogP contribution is -2.35. The quantitative estimate of drug-likeness (QED) is 0.909. The number of hydrogen-bond acceptors (Lipinski definition) is 2. The Labute approximate surface area is 112 Å². The Balaban J connectivity index is 2.29. The van der Waals surface area contributed by atoms with Gasteiger partial charge in [0.25, 0.3) is 0 Å². The number of hydrogen-bond donors (Lipinski definition) is 1. The van der Waals surface area contributed by atoms with Crippen LogP contribution in [-0.4, -0.2) is 19.7 Å². The third kappa shape index (κ3) is 2.78. The lowest BCUT2D eigenvalue weighted by molar-refractivity contribution is 0.365. The number of ether oxygens (including phenoxy) is 1. The van der Waals surface area contributed by atoms with Crippen LogP contribution in [-0.2, 0) is 6.42 Å². The summed E-state index contributed by atoms with van der Waals surface area (Å²) in [4.78, 5) is 0. The molecule has 2 rings (SSSR count). The predicted molar refractivity (Wildman–Crippen MR) is 72.0 cm³/mol. The Morgan fingerprint density at radius 2 is 2.28 bits per heavy atom. The van der Waals surface area contributed by atoms with Crippen LogP contribution in [0.5, 0.6) is 5.75 Å². The molecule has 0 aromatic heterocycles. The molecule has 0 aliphatic carbocycles. The summed E-state index contributed by atoms with van der Waals surface area (Å²) in [7, 11) is 1.50. The van der Waals surface area contributed by atoms with Crippen molar-refractivity contribution in [2.75, 3.05) is 13.7 Å². The molecule has 1 aliphatic heterocycles. The molecule has 18 heavy (non-hydrogen) atoms. The first-order valence-electron chi connectivity index (χ1n) is 6.38. The Morgan fingerprint density at radius 3 is 2.89 bits per heavy atom. The van der Waals surface area contributed by atoms with Gasteiger partial charge >= 0.3 is 0 Å². The monoisotopic (exact) mass is 271 g/mol. The number of piperidine rings is 1. The molecule has 2 nitrogen and oxygen atoms in total. The normalized spacial score (nSPS) is 19.9. The van der Waals surface area contributed by atoms with Gasteiger partial charge in [-0.15, -0.1) is 0 Å². The van der Waals surface area contributed by atoms with E-state index in [0.717, 1.165) is 30.5 Å². The number of benzene rings is 1. The van der Waals surface area contributed by atoms with E-state index in [1.807, 2.05) is 6.92 Å². The summed E-state index contributed by atoms with van der Waals surface area (Å²) in [6, 6.07) is 1.72. The van der Waals surface area contributed by atoms with E-state index in [0.29, 0.717) is 16.8 Å². The maximum Gasteiger partial charge on any atom is 0.166 e. The molecule has 1 N–H and O–H groups in total. The molecular weight excluding hydrogens is 253 g/mol.